The first-order chi connectivity index (χ1) is 6.27. The van der Waals surface area contributed by atoms with Gasteiger partial charge in [-0.05, 0) is 6.42 Å². The Labute approximate surface area is 78.1 Å². The third-order valence-corrected chi connectivity index (χ3v) is 2.51. The molecule has 2 rings (SSSR count). The standard InChI is InChI=1S/C9H15N3O/c1-11-5-3-9(10-11)12(2)8-4-6-13-7-8/h3,5,8H,4,6-7H2,1-2H3. The molecule has 1 fully saturated rings. The molecule has 0 radical (unpaired) electrons. The molecule has 0 aliphatic carbocycles. The minimum Gasteiger partial charge on any atom is -0.379 e. The maximum Gasteiger partial charge on any atom is 0.150 e. The molecule has 2 heterocycles. The van der Waals surface area contributed by atoms with E-state index in [2.05, 4.69) is 17.0 Å². The topological polar surface area (TPSA) is 30.3 Å². The molecule has 1 saturated heterocycles. The molecule has 0 bridgehead atoms. The molecule has 0 amide bonds. The minimum atomic E-state index is 0.495. The van der Waals surface area contributed by atoms with Gasteiger partial charge in [-0.3, -0.25) is 4.68 Å². The second-order valence-corrected chi connectivity index (χ2v) is 3.48. The van der Waals surface area contributed by atoms with E-state index in [1.807, 2.05) is 24.0 Å². The van der Waals surface area contributed by atoms with Gasteiger partial charge in [0.15, 0.2) is 5.82 Å². The lowest BCUT2D eigenvalue weighted by molar-refractivity contribution is 0.193. The van der Waals surface area contributed by atoms with Crippen LogP contribution in [0.3, 0.4) is 0 Å². The summed E-state index contributed by atoms with van der Waals surface area (Å²) < 4.78 is 7.15. The third kappa shape index (κ3) is 1.67. The van der Waals surface area contributed by atoms with E-state index in [0.29, 0.717) is 6.04 Å². The van der Waals surface area contributed by atoms with Crippen molar-refractivity contribution in [3.8, 4) is 0 Å². The van der Waals surface area contributed by atoms with Gasteiger partial charge in [-0.1, -0.05) is 0 Å². The first-order valence-corrected chi connectivity index (χ1v) is 4.57. The van der Waals surface area contributed by atoms with E-state index in [1.54, 1.807) is 0 Å². The van der Waals surface area contributed by atoms with Crippen molar-refractivity contribution >= 4 is 5.82 Å². The van der Waals surface area contributed by atoms with E-state index in [4.69, 9.17) is 4.74 Å². The van der Waals surface area contributed by atoms with Crippen LogP contribution in [0.15, 0.2) is 12.3 Å². The summed E-state index contributed by atoms with van der Waals surface area (Å²) in [5, 5.41) is 4.34. The van der Waals surface area contributed by atoms with Crippen LogP contribution in [0.1, 0.15) is 6.42 Å². The number of hydrogen-bond donors (Lipinski definition) is 0. The highest BCUT2D eigenvalue weighted by Gasteiger charge is 2.21. The van der Waals surface area contributed by atoms with Crippen LogP contribution in [0, 0.1) is 0 Å². The molecule has 13 heavy (non-hydrogen) atoms. The molecule has 0 aromatic carbocycles. The number of rotatable bonds is 2. The number of likely N-dealkylation sites (N-methyl/N-ethyl adjacent to an activating group) is 1. The molecule has 1 aromatic rings. The molecule has 4 nitrogen and oxygen atoms in total. The second kappa shape index (κ2) is 3.38. The number of nitrogens with zero attached hydrogens (tertiary/aromatic N) is 3. The lowest BCUT2D eigenvalue weighted by Crippen LogP contribution is -2.32. The quantitative estimate of drug-likeness (QED) is 0.671. The van der Waals surface area contributed by atoms with Gasteiger partial charge in [0.1, 0.15) is 0 Å². The number of anilines is 1. The molecule has 72 valence electrons. The van der Waals surface area contributed by atoms with Gasteiger partial charge in [0.05, 0.1) is 12.6 Å². The second-order valence-electron chi connectivity index (χ2n) is 3.48. The normalized spacial score (nSPS) is 22.2. The molecule has 0 saturated carbocycles. The SMILES string of the molecule is CN(c1ccn(C)n1)C1CCOC1. The molecule has 1 aliphatic rings. The van der Waals surface area contributed by atoms with Gasteiger partial charge in [-0.15, -0.1) is 0 Å². The monoisotopic (exact) mass is 181 g/mol. The van der Waals surface area contributed by atoms with Gasteiger partial charge in [0.25, 0.3) is 0 Å². The first kappa shape index (κ1) is 8.56. The molecular weight excluding hydrogens is 166 g/mol. The van der Waals surface area contributed by atoms with E-state index in [-0.39, 0.29) is 0 Å². The van der Waals surface area contributed by atoms with Gasteiger partial charge in [0.2, 0.25) is 0 Å². The Morgan fingerprint density at radius 3 is 3.08 bits per heavy atom. The van der Waals surface area contributed by atoms with Crippen LogP contribution in [-0.4, -0.2) is 36.1 Å². The van der Waals surface area contributed by atoms with Crippen molar-refractivity contribution in [2.75, 3.05) is 25.2 Å². The number of hydrogen-bond acceptors (Lipinski definition) is 3. The summed E-state index contributed by atoms with van der Waals surface area (Å²) in [5.74, 6) is 1.03. The molecule has 1 atom stereocenters. The summed E-state index contributed by atoms with van der Waals surface area (Å²) in [6.07, 6.45) is 3.06. The zero-order valence-corrected chi connectivity index (χ0v) is 8.10. The lowest BCUT2D eigenvalue weighted by atomic mass is 10.2. The van der Waals surface area contributed by atoms with E-state index >= 15 is 0 Å². The maximum atomic E-state index is 5.33. The Kier molecular flexibility index (Phi) is 2.22. The Morgan fingerprint density at radius 2 is 2.54 bits per heavy atom. The van der Waals surface area contributed by atoms with E-state index < -0.39 is 0 Å². The molecule has 1 unspecified atom stereocenters. The zero-order chi connectivity index (χ0) is 9.26. The third-order valence-electron chi connectivity index (χ3n) is 2.51. The zero-order valence-electron chi connectivity index (χ0n) is 8.10. The fourth-order valence-electron chi connectivity index (χ4n) is 1.61. The van der Waals surface area contributed by atoms with E-state index in [1.165, 1.54) is 0 Å². The predicted octanol–water partition coefficient (Wildman–Crippen LogP) is 0.645. The largest absolute Gasteiger partial charge is 0.379 e. The van der Waals surface area contributed by atoms with E-state index in [9.17, 15) is 0 Å². The van der Waals surface area contributed by atoms with Gasteiger partial charge in [-0.25, -0.2) is 0 Å². The molecule has 1 aromatic heterocycles. The Balaban J connectivity index is 2.07. The predicted molar refractivity (Wildman–Crippen MR) is 50.8 cm³/mol. The average Bonchev–Trinajstić information content (AvgIpc) is 2.72. The van der Waals surface area contributed by atoms with Crippen molar-refractivity contribution in [2.45, 2.75) is 12.5 Å². The molecule has 4 heteroatoms. The summed E-state index contributed by atoms with van der Waals surface area (Å²) in [7, 11) is 4.00. The van der Waals surface area contributed by atoms with Gasteiger partial charge >= 0.3 is 0 Å². The van der Waals surface area contributed by atoms with Crippen LogP contribution < -0.4 is 4.90 Å². The first-order valence-electron chi connectivity index (χ1n) is 4.57. The lowest BCUT2D eigenvalue weighted by Gasteiger charge is -2.22. The summed E-state index contributed by atoms with van der Waals surface area (Å²) in [6.45, 7) is 1.70. The molecular formula is C9H15N3O. The maximum absolute atomic E-state index is 5.33. The summed E-state index contributed by atoms with van der Waals surface area (Å²) in [5.41, 5.74) is 0. The van der Waals surface area contributed by atoms with Crippen LogP contribution in [0.2, 0.25) is 0 Å². The van der Waals surface area contributed by atoms with Crippen LogP contribution in [0.25, 0.3) is 0 Å². The highest BCUT2D eigenvalue weighted by molar-refractivity contribution is 5.37. The van der Waals surface area contributed by atoms with Crippen molar-refractivity contribution in [3.63, 3.8) is 0 Å². The van der Waals surface area contributed by atoms with Crippen LogP contribution in [0.4, 0.5) is 5.82 Å². The fourth-order valence-corrected chi connectivity index (χ4v) is 1.61. The van der Waals surface area contributed by atoms with Gasteiger partial charge < -0.3 is 9.64 Å². The summed E-state index contributed by atoms with van der Waals surface area (Å²) in [6, 6.07) is 2.52. The minimum absolute atomic E-state index is 0.495. The number of aryl methyl sites for hydroxylation is 1. The van der Waals surface area contributed by atoms with Crippen LogP contribution >= 0.6 is 0 Å². The Bertz CT molecular complexity index is 278. The highest BCUT2D eigenvalue weighted by Crippen LogP contribution is 2.17. The van der Waals surface area contributed by atoms with Crippen molar-refractivity contribution in [1.29, 1.82) is 0 Å². The average molecular weight is 181 g/mol. The van der Waals surface area contributed by atoms with E-state index in [0.717, 1.165) is 25.5 Å². The number of aromatic nitrogens is 2. The summed E-state index contributed by atoms with van der Waals surface area (Å²) >= 11 is 0. The van der Waals surface area contributed by atoms with Crippen LogP contribution in [-0.2, 0) is 11.8 Å². The van der Waals surface area contributed by atoms with Crippen molar-refractivity contribution < 1.29 is 4.74 Å². The molecule has 0 N–H and O–H groups in total. The molecule has 1 aliphatic heterocycles. The van der Waals surface area contributed by atoms with Gasteiger partial charge in [0, 0.05) is 33.0 Å². The van der Waals surface area contributed by atoms with Crippen molar-refractivity contribution in [1.82, 2.24) is 9.78 Å². The number of ether oxygens (including phenoxy) is 1. The summed E-state index contributed by atoms with van der Waals surface area (Å²) in [4.78, 5) is 2.19. The molecule has 0 spiro atoms. The smallest absolute Gasteiger partial charge is 0.150 e. The fraction of sp³-hybridized carbons (Fsp3) is 0.667. The van der Waals surface area contributed by atoms with Crippen LogP contribution in [0.5, 0.6) is 0 Å². The van der Waals surface area contributed by atoms with Crippen molar-refractivity contribution in [2.24, 2.45) is 7.05 Å². The Hall–Kier alpha value is -1.03. The van der Waals surface area contributed by atoms with Gasteiger partial charge in [-0.2, -0.15) is 5.10 Å². The highest BCUT2D eigenvalue weighted by atomic mass is 16.5. The Morgan fingerprint density at radius 1 is 1.69 bits per heavy atom. The van der Waals surface area contributed by atoms with Crippen molar-refractivity contribution in [3.05, 3.63) is 12.3 Å².